The number of fused-ring (bicyclic) bond motifs is 1. The molecule has 3 rings (SSSR count). The molecule has 4 heteroatoms. The third-order valence-corrected chi connectivity index (χ3v) is 3.40. The Morgan fingerprint density at radius 1 is 1.26 bits per heavy atom. The van der Waals surface area contributed by atoms with Crippen LogP contribution in [-0.2, 0) is 15.1 Å². The van der Waals surface area contributed by atoms with E-state index >= 15 is 0 Å². The van der Waals surface area contributed by atoms with E-state index in [2.05, 4.69) is 30.7 Å². The van der Waals surface area contributed by atoms with Crippen molar-refractivity contribution in [2.24, 2.45) is 10.4 Å². The molecule has 1 fully saturated rings. The molecule has 4 nitrogen and oxygen atoms in total. The summed E-state index contributed by atoms with van der Waals surface area (Å²) in [6.45, 7) is 6.30. The molecule has 3 atom stereocenters. The van der Waals surface area contributed by atoms with Gasteiger partial charge in [-0.2, -0.15) is 0 Å². The van der Waals surface area contributed by atoms with Crippen LogP contribution in [0.2, 0.25) is 0 Å². The van der Waals surface area contributed by atoms with Gasteiger partial charge in [-0.05, 0) is 18.2 Å². The molecule has 0 bridgehead atoms. The summed E-state index contributed by atoms with van der Waals surface area (Å²) in [7, 11) is 0. The second-order valence-electron chi connectivity index (χ2n) is 5.99. The molecule has 0 amide bonds. The van der Waals surface area contributed by atoms with Crippen molar-refractivity contribution in [2.45, 2.75) is 38.8 Å². The zero-order valence-electron chi connectivity index (χ0n) is 11.4. The van der Waals surface area contributed by atoms with E-state index in [1.807, 2.05) is 24.3 Å². The van der Waals surface area contributed by atoms with Crippen molar-refractivity contribution in [3.8, 4) is 0 Å². The molecule has 100 valence electrons. The highest BCUT2D eigenvalue weighted by atomic mass is 16.7. The van der Waals surface area contributed by atoms with E-state index in [0.717, 1.165) is 5.69 Å². The number of nitrogens with zero attached hydrogens (tertiary/aromatic N) is 2. The highest BCUT2D eigenvalue weighted by molar-refractivity contribution is 5.69. The first kappa shape index (κ1) is 12.5. The van der Waals surface area contributed by atoms with Gasteiger partial charge in [-0.15, -0.1) is 0 Å². The van der Waals surface area contributed by atoms with Crippen LogP contribution in [0.5, 0.6) is 0 Å². The Labute approximate surface area is 113 Å². The van der Waals surface area contributed by atoms with Crippen LogP contribution in [0, 0.1) is 5.41 Å². The average molecular weight is 258 g/mol. The lowest BCUT2D eigenvalue weighted by atomic mass is 9.91. The minimum atomic E-state index is -0.652. The lowest BCUT2D eigenvalue weighted by Crippen LogP contribution is -2.38. The Balaban J connectivity index is 2.03. The molecule has 1 unspecified atom stereocenters. The van der Waals surface area contributed by atoms with E-state index in [0.29, 0.717) is 0 Å². The van der Waals surface area contributed by atoms with Crippen molar-refractivity contribution in [2.75, 3.05) is 0 Å². The topological polar surface area (TPSA) is 43.7 Å². The van der Waals surface area contributed by atoms with Gasteiger partial charge in [0.15, 0.2) is 11.9 Å². The van der Waals surface area contributed by atoms with E-state index in [4.69, 9.17) is 9.47 Å². The van der Waals surface area contributed by atoms with Gasteiger partial charge >= 0.3 is 0 Å². The zero-order chi connectivity index (χ0) is 13.5. The maximum absolute atomic E-state index is 6.24. The number of aliphatic imine (C=N–C) groups is 1. The first-order valence-electron chi connectivity index (χ1n) is 6.48. The first-order valence-corrected chi connectivity index (χ1v) is 6.48. The van der Waals surface area contributed by atoms with Crippen molar-refractivity contribution in [3.63, 3.8) is 0 Å². The lowest BCUT2D eigenvalue weighted by molar-refractivity contribution is -0.140. The van der Waals surface area contributed by atoms with Crippen LogP contribution in [0.3, 0.4) is 0 Å². The third-order valence-electron chi connectivity index (χ3n) is 3.40. The normalized spacial score (nSPS) is 33.4. The summed E-state index contributed by atoms with van der Waals surface area (Å²) in [5, 5.41) is 0. The number of rotatable bonds is 1. The minimum absolute atomic E-state index is 0.0964. The van der Waals surface area contributed by atoms with Gasteiger partial charge < -0.3 is 9.47 Å². The Kier molecular flexibility index (Phi) is 2.80. The van der Waals surface area contributed by atoms with Crippen molar-refractivity contribution in [3.05, 3.63) is 42.4 Å². The summed E-state index contributed by atoms with van der Waals surface area (Å²) in [5.74, 6) is 0. The average Bonchev–Trinajstić information content (AvgIpc) is 2.80. The number of aromatic nitrogens is 1. The molecule has 0 N–H and O–H groups in total. The molecule has 0 aliphatic carbocycles. The van der Waals surface area contributed by atoms with Crippen molar-refractivity contribution < 1.29 is 9.47 Å². The van der Waals surface area contributed by atoms with Crippen LogP contribution in [0.4, 0.5) is 0 Å². The van der Waals surface area contributed by atoms with E-state index in [9.17, 15) is 0 Å². The van der Waals surface area contributed by atoms with Crippen LogP contribution in [-0.4, -0.2) is 23.6 Å². The van der Waals surface area contributed by atoms with Crippen LogP contribution < -0.4 is 0 Å². The maximum Gasteiger partial charge on any atom is 0.165 e. The number of hydrogen-bond acceptors (Lipinski definition) is 4. The monoisotopic (exact) mass is 258 g/mol. The Morgan fingerprint density at radius 2 is 2.11 bits per heavy atom. The van der Waals surface area contributed by atoms with Gasteiger partial charge in [0, 0.05) is 24.0 Å². The quantitative estimate of drug-likeness (QED) is 0.777. The predicted molar refractivity (Wildman–Crippen MR) is 72.7 cm³/mol. The predicted octanol–water partition coefficient (Wildman–Crippen LogP) is 2.66. The number of hydrogen-bond donors (Lipinski definition) is 0. The van der Waals surface area contributed by atoms with E-state index in [-0.39, 0.29) is 17.8 Å². The Hall–Kier alpha value is -1.52. The van der Waals surface area contributed by atoms with Gasteiger partial charge in [0.05, 0.1) is 5.69 Å². The highest BCUT2D eigenvalue weighted by Crippen LogP contribution is 2.44. The molecule has 0 radical (unpaired) electrons. The standard InChI is InChI=1S/C15H18N2O2/c1-14(2,3)13-18-12-10-16-9-7-15(12,19-13)11-6-4-5-8-17-11/h4-10,12-13H,1-3H3/t12-,13?,15-/m1/s1. The van der Waals surface area contributed by atoms with Gasteiger partial charge in [0.2, 0.25) is 0 Å². The second kappa shape index (κ2) is 4.25. The molecule has 1 aromatic rings. The van der Waals surface area contributed by atoms with Crippen molar-refractivity contribution in [1.82, 2.24) is 4.98 Å². The fourth-order valence-electron chi connectivity index (χ4n) is 2.33. The molecular formula is C15H18N2O2. The summed E-state index contributed by atoms with van der Waals surface area (Å²) < 4.78 is 12.3. The number of pyridine rings is 1. The smallest absolute Gasteiger partial charge is 0.165 e. The van der Waals surface area contributed by atoms with E-state index in [1.54, 1.807) is 18.6 Å². The maximum atomic E-state index is 6.24. The molecule has 1 aromatic heterocycles. The van der Waals surface area contributed by atoms with Gasteiger partial charge in [-0.1, -0.05) is 26.8 Å². The molecule has 19 heavy (non-hydrogen) atoms. The van der Waals surface area contributed by atoms with E-state index < -0.39 is 5.60 Å². The van der Waals surface area contributed by atoms with Gasteiger partial charge in [-0.3, -0.25) is 9.98 Å². The Bertz CT molecular complexity index is 519. The summed E-state index contributed by atoms with van der Waals surface area (Å²) in [6.07, 6.45) is 6.74. The third kappa shape index (κ3) is 2.01. The number of ether oxygens (including phenoxy) is 2. The lowest BCUT2D eigenvalue weighted by Gasteiger charge is -2.30. The van der Waals surface area contributed by atoms with Crippen LogP contribution in [0.25, 0.3) is 0 Å². The fourth-order valence-corrected chi connectivity index (χ4v) is 2.33. The molecule has 2 aliphatic heterocycles. The summed E-state index contributed by atoms with van der Waals surface area (Å²) in [5.41, 5.74) is 0.107. The first-order chi connectivity index (χ1) is 9.02. The largest absolute Gasteiger partial charge is 0.339 e. The van der Waals surface area contributed by atoms with Gasteiger partial charge in [0.25, 0.3) is 0 Å². The van der Waals surface area contributed by atoms with Crippen LogP contribution in [0.15, 0.2) is 41.7 Å². The van der Waals surface area contributed by atoms with E-state index in [1.165, 1.54) is 0 Å². The molecule has 1 saturated heterocycles. The Morgan fingerprint density at radius 3 is 2.79 bits per heavy atom. The molecule has 0 spiro atoms. The highest BCUT2D eigenvalue weighted by Gasteiger charge is 2.53. The summed E-state index contributed by atoms with van der Waals surface area (Å²) >= 11 is 0. The van der Waals surface area contributed by atoms with Crippen LogP contribution >= 0.6 is 0 Å². The summed E-state index contributed by atoms with van der Waals surface area (Å²) in [4.78, 5) is 8.60. The fraction of sp³-hybridized carbons (Fsp3) is 0.467. The SMILES string of the molecule is CC(C)(C)C1O[C@@H]2C=NC=C[C@]2(c2ccccn2)O1. The van der Waals surface area contributed by atoms with Crippen molar-refractivity contribution in [1.29, 1.82) is 0 Å². The molecule has 3 heterocycles. The van der Waals surface area contributed by atoms with Gasteiger partial charge in [0.1, 0.15) is 6.10 Å². The second-order valence-corrected chi connectivity index (χ2v) is 5.99. The molecule has 0 aromatic carbocycles. The van der Waals surface area contributed by atoms with Gasteiger partial charge in [-0.25, -0.2) is 0 Å². The minimum Gasteiger partial charge on any atom is -0.339 e. The van der Waals surface area contributed by atoms with Crippen molar-refractivity contribution >= 4 is 6.21 Å². The summed E-state index contributed by atoms with van der Waals surface area (Å²) in [6, 6.07) is 5.82. The van der Waals surface area contributed by atoms with Crippen LogP contribution in [0.1, 0.15) is 26.5 Å². The zero-order valence-corrected chi connectivity index (χ0v) is 11.4. The molecule has 0 saturated carbocycles. The molecule has 2 aliphatic rings. The molecular weight excluding hydrogens is 240 g/mol.